The van der Waals surface area contributed by atoms with E-state index in [-0.39, 0.29) is 18.3 Å². The summed E-state index contributed by atoms with van der Waals surface area (Å²) in [7, 11) is 0. The van der Waals surface area contributed by atoms with Crippen LogP contribution in [-0.2, 0) is 24.0 Å². The predicted octanol–water partition coefficient (Wildman–Crippen LogP) is -1.16. The fraction of sp³-hybridized carbons (Fsp3) is 0.737. The molecule has 172 valence electrons. The molecule has 4 amide bonds. The van der Waals surface area contributed by atoms with Gasteiger partial charge in [-0.25, -0.2) is 4.79 Å². The van der Waals surface area contributed by atoms with Crippen LogP contribution in [0.15, 0.2) is 0 Å². The second kappa shape index (κ2) is 12.8. The highest BCUT2D eigenvalue weighted by Gasteiger charge is 2.30. The number of rotatable bonds is 13. The molecule has 0 spiro atoms. The SMILES string of the molecule is CCC(C)C(N)C(=O)NC(C)C(=O)NC(CC(C)C)C(=O)NC(CC(N)=O)C(=O)O. The highest BCUT2D eigenvalue weighted by Crippen LogP contribution is 2.08. The molecular formula is C19H35N5O6. The number of hydrogen-bond acceptors (Lipinski definition) is 6. The summed E-state index contributed by atoms with van der Waals surface area (Å²) in [5, 5.41) is 16.4. The molecule has 0 aliphatic rings. The largest absolute Gasteiger partial charge is 0.480 e. The van der Waals surface area contributed by atoms with Crippen LogP contribution in [0.4, 0.5) is 0 Å². The molecule has 8 N–H and O–H groups in total. The van der Waals surface area contributed by atoms with Gasteiger partial charge in [-0.3, -0.25) is 19.2 Å². The number of primary amides is 1. The van der Waals surface area contributed by atoms with Gasteiger partial charge in [0.25, 0.3) is 0 Å². The minimum Gasteiger partial charge on any atom is -0.480 e. The fourth-order valence-electron chi connectivity index (χ4n) is 2.56. The molecule has 0 bridgehead atoms. The fourth-order valence-corrected chi connectivity index (χ4v) is 2.56. The summed E-state index contributed by atoms with van der Waals surface area (Å²) in [4.78, 5) is 59.5. The molecule has 0 radical (unpaired) electrons. The van der Waals surface area contributed by atoms with Gasteiger partial charge in [0.15, 0.2) is 0 Å². The molecule has 0 aromatic heterocycles. The summed E-state index contributed by atoms with van der Waals surface area (Å²) in [5.74, 6) is -4.26. The van der Waals surface area contributed by atoms with E-state index in [1.807, 2.05) is 27.7 Å². The van der Waals surface area contributed by atoms with Crippen molar-refractivity contribution in [2.45, 2.75) is 78.0 Å². The van der Waals surface area contributed by atoms with Gasteiger partial charge in [-0.2, -0.15) is 0 Å². The van der Waals surface area contributed by atoms with Crippen LogP contribution in [0.1, 0.15) is 53.9 Å². The van der Waals surface area contributed by atoms with E-state index in [0.29, 0.717) is 6.42 Å². The topological polar surface area (TPSA) is 194 Å². The Morgan fingerprint density at radius 3 is 1.83 bits per heavy atom. The quantitative estimate of drug-likeness (QED) is 0.212. The number of nitrogens with one attached hydrogen (secondary N) is 3. The lowest BCUT2D eigenvalue weighted by atomic mass is 9.99. The van der Waals surface area contributed by atoms with Gasteiger partial charge in [-0.15, -0.1) is 0 Å². The molecule has 0 rings (SSSR count). The first kappa shape index (κ1) is 27.3. The van der Waals surface area contributed by atoms with Crippen LogP contribution in [0.2, 0.25) is 0 Å². The first-order valence-electron chi connectivity index (χ1n) is 9.97. The summed E-state index contributed by atoms with van der Waals surface area (Å²) >= 11 is 0. The smallest absolute Gasteiger partial charge is 0.326 e. The minimum absolute atomic E-state index is 0.0100. The van der Waals surface area contributed by atoms with Crippen LogP contribution in [-0.4, -0.2) is 58.9 Å². The van der Waals surface area contributed by atoms with Crippen molar-refractivity contribution in [2.24, 2.45) is 23.3 Å². The number of carboxylic acids is 1. The lowest BCUT2D eigenvalue weighted by Gasteiger charge is -2.25. The molecule has 0 saturated heterocycles. The van der Waals surface area contributed by atoms with E-state index in [0.717, 1.165) is 0 Å². The number of aliphatic carboxylic acids is 1. The Morgan fingerprint density at radius 1 is 0.867 bits per heavy atom. The third-order valence-electron chi connectivity index (χ3n) is 4.67. The van der Waals surface area contributed by atoms with E-state index in [1.165, 1.54) is 6.92 Å². The van der Waals surface area contributed by atoms with Crippen molar-refractivity contribution in [1.82, 2.24) is 16.0 Å². The van der Waals surface area contributed by atoms with Crippen LogP contribution in [0, 0.1) is 11.8 Å². The van der Waals surface area contributed by atoms with E-state index >= 15 is 0 Å². The van der Waals surface area contributed by atoms with Crippen molar-refractivity contribution in [3.63, 3.8) is 0 Å². The summed E-state index contributed by atoms with van der Waals surface area (Å²) < 4.78 is 0. The molecule has 11 heteroatoms. The third kappa shape index (κ3) is 9.68. The second-order valence-electron chi connectivity index (χ2n) is 7.90. The molecular weight excluding hydrogens is 394 g/mol. The van der Waals surface area contributed by atoms with E-state index < -0.39 is 60.2 Å². The van der Waals surface area contributed by atoms with Gasteiger partial charge in [0.05, 0.1) is 12.5 Å². The minimum atomic E-state index is -1.51. The summed E-state index contributed by atoms with van der Waals surface area (Å²) in [5.41, 5.74) is 10.9. The average Bonchev–Trinajstić information content (AvgIpc) is 2.64. The molecule has 0 heterocycles. The Balaban J connectivity index is 5.16. The van der Waals surface area contributed by atoms with Crippen molar-refractivity contribution in [3.05, 3.63) is 0 Å². The number of carboxylic acid groups (broad SMARTS) is 1. The zero-order chi connectivity index (χ0) is 23.6. The molecule has 5 unspecified atom stereocenters. The number of carbonyl (C=O) groups is 5. The van der Waals surface area contributed by atoms with Crippen molar-refractivity contribution in [3.8, 4) is 0 Å². The first-order valence-corrected chi connectivity index (χ1v) is 9.97. The Morgan fingerprint density at radius 2 is 1.40 bits per heavy atom. The summed E-state index contributed by atoms with van der Waals surface area (Å²) in [6, 6.07) is -4.30. The van der Waals surface area contributed by atoms with Crippen LogP contribution in [0.25, 0.3) is 0 Å². The molecule has 0 fully saturated rings. The van der Waals surface area contributed by atoms with Gasteiger partial charge in [0.1, 0.15) is 18.1 Å². The zero-order valence-corrected chi connectivity index (χ0v) is 18.2. The molecule has 0 aliphatic heterocycles. The van der Waals surface area contributed by atoms with Crippen molar-refractivity contribution in [2.75, 3.05) is 0 Å². The molecule has 30 heavy (non-hydrogen) atoms. The van der Waals surface area contributed by atoms with E-state index in [9.17, 15) is 24.0 Å². The number of amides is 4. The molecule has 0 saturated carbocycles. The monoisotopic (exact) mass is 429 g/mol. The van der Waals surface area contributed by atoms with E-state index in [2.05, 4.69) is 16.0 Å². The lowest BCUT2D eigenvalue weighted by molar-refractivity contribution is -0.143. The van der Waals surface area contributed by atoms with E-state index in [4.69, 9.17) is 16.6 Å². The van der Waals surface area contributed by atoms with Gasteiger partial charge < -0.3 is 32.5 Å². The molecule has 0 aromatic rings. The Labute approximate surface area is 176 Å². The van der Waals surface area contributed by atoms with E-state index in [1.54, 1.807) is 0 Å². The molecule has 5 atom stereocenters. The molecule has 0 aromatic carbocycles. The Bertz CT molecular complexity index is 639. The van der Waals surface area contributed by atoms with Crippen molar-refractivity contribution in [1.29, 1.82) is 0 Å². The van der Waals surface area contributed by atoms with Gasteiger partial charge >= 0.3 is 5.97 Å². The van der Waals surface area contributed by atoms with Crippen molar-refractivity contribution >= 4 is 29.6 Å². The van der Waals surface area contributed by atoms with Gasteiger partial charge in [-0.1, -0.05) is 34.1 Å². The summed E-state index contributed by atoms with van der Waals surface area (Å²) in [6.07, 6.45) is 0.332. The standard InChI is InChI=1S/C19H35N5O6/c1-6-10(4)15(21)18(28)22-11(5)16(26)23-12(7-9(2)3)17(27)24-13(19(29)30)8-14(20)25/h9-13,15H,6-8,21H2,1-5H3,(H2,20,25)(H,22,28)(H,23,26)(H,24,27)(H,29,30). The first-order chi connectivity index (χ1) is 13.8. The predicted molar refractivity (Wildman–Crippen MR) is 110 cm³/mol. The number of carbonyl (C=O) groups excluding carboxylic acids is 4. The Hall–Kier alpha value is -2.69. The molecule has 0 aliphatic carbocycles. The lowest BCUT2D eigenvalue weighted by Crippen LogP contribution is -2.57. The third-order valence-corrected chi connectivity index (χ3v) is 4.67. The zero-order valence-electron chi connectivity index (χ0n) is 18.2. The van der Waals surface area contributed by atoms with Crippen LogP contribution in [0.5, 0.6) is 0 Å². The van der Waals surface area contributed by atoms with Gasteiger partial charge in [-0.05, 0) is 25.2 Å². The number of nitrogens with two attached hydrogens (primary N) is 2. The summed E-state index contributed by atoms with van der Waals surface area (Å²) in [6.45, 7) is 8.81. The van der Waals surface area contributed by atoms with Crippen LogP contribution < -0.4 is 27.4 Å². The maximum absolute atomic E-state index is 12.5. The highest BCUT2D eigenvalue weighted by atomic mass is 16.4. The van der Waals surface area contributed by atoms with Crippen LogP contribution in [0.3, 0.4) is 0 Å². The maximum atomic E-state index is 12.5. The molecule has 11 nitrogen and oxygen atoms in total. The van der Waals surface area contributed by atoms with Crippen LogP contribution >= 0.6 is 0 Å². The normalized spacial score (nSPS) is 16.0. The Kier molecular flexibility index (Phi) is 11.6. The van der Waals surface area contributed by atoms with Crippen molar-refractivity contribution < 1.29 is 29.1 Å². The maximum Gasteiger partial charge on any atom is 0.326 e. The number of hydrogen-bond donors (Lipinski definition) is 6. The average molecular weight is 430 g/mol. The highest BCUT2D eigenvalue weighted by molar-refractivity contribution is 5.94. The second-order valence-corrected chi connectivity index (χ2v) is 7.90. The van der Waals surface area contributed by atoms with Gasteiger partial charge in [0.2, 0.25) is 23.6 Å². The van der Waals surface area contributed by atoms with Gasteiger partial charge in [0, 0.05) is 0 Å².